The van der Waals surface area contributed by atoms with Crippen LogP contribution in [0.3, 0.4) is 0 Å². The van der Waals surface area contributed by atoms with Crippen molar-refractivity contribution in [3.63, 3.8) is 0 Å². The fraction of sp³-hybridized carbons (Fsp3) is 0.417. The van der Waals surface area contributed by atoms with E-state index in [0.717, 1.165) is 12.1 Å². The molecule has 0 unspecified atom stereocenters. The van der Waals surface area contributed by atoms with Gasteiger partial charge in [0.1, 0.15) is 16.8 Å². The Morgan fingerprint density at radius 2 is 2.00 bits per heavy atom. The first-order valence-electron chi connectivity index (χ1n) is 6.09. The maximum Gasteiger partial charge on any atom is 0.341 e. The van der Waals surface area contributed by atoms with Crippen LogP contribution in [0.2, 0.25) is 5.02 Å². The van der Waals surface area contributed by atoms with Crippen molar-refractivity contribution in [3.05, 3.63) is 28.5 Å². The first kappa shape index (κ1) is 16.2. The molecule has 0 radical (unpaired) electrons. The number of ether oxygens (including phenoxy) is 2. The smallest absolute Gasteiger partial charge is 0.341 e. The van der Waals surface area contributed by atoms with E-state index in [1.807, 2.05) is 0 Å². The Labute approximate surface area is 126 Å². The molecule has 0 saturated carbocycles. The van der Waals surface area contributed by atoms with Gasteiger partial charge in [-0.25, -0.2) is 22.7 Å². The average molecular weight is 338 g/mol. The lowest BCUT2D eigenvalue weighted by Crippen LogP contribution is -2.26. The van der Waals surface area contributed by atoms with Crippen molar-refractivity contribution < 1.29 is 27.1 Å². The van der Waals surface area contributed by atoms with Gasteiger partial charge in [0.2, 0.25) is 10.0 Å². The first-order valence-corrected chi connectivity index (χ1v) is 8.02. The SMILES string of the molecule is NS(=O)(=O)c1cc(C(=O)OC2CCOCC2)c(F)cc1Cl. The molecule has 2 rings (SSSR count). The number of hydrogen-bond acceptors (Lipinski definition) is 5. The number of benzene rings is 1. The number of primary sulfonamides is 1. The van der Waals surface area contributed by atoms with Crippen LogP contribution in [0.4, 0.5) is 4.39 Å². The van der Waals surface area contributed by atoms with Gasteiger partial charge in [-0.1, -0.05) is 11.6 Å². The van der Waals surface area contributed by atoms with Gasteiger partial charge in [0, 0.05) is 12.8 Å². The second kappa shape index (κ2) is 6.27. The molecule has 9 heteroatoms. The summed E-state index contributed by atoms with van der Waals surface area (Å²) < 4.78 is 46.7. The molecule has 2 N–H and O–H groups in total. The van der Waals surface area contributed by atoms with Crippen molar-refractivity contribution in [2.75, 3.05) is 13.2 Å². The predicted molar refractivity (Wildman–Crippen MR) is 72.0 cm³/mol. The van der Waals surface area contributed by atoms with E-state index in [1.54, 1.807) is 0 Å². The minimum Gasteiger partial charge on any atom is -0.459 e. The van der Waals surface area contributed by atoms with Gasteiger partial charge >= 0.3 is 5.97 Å². The Bertz CT molecular complexity index is 658. The van der Waals surface area contributed by atoms with Crippen molar-refractivity contribution in [1.29, 1.82) is 0 Å². The van der Waals surface area contributed by atoms with Crippen molar-refractivity contribution in [3.8, 4) is 0 Å². The third-order valence-electron chi connectivity index (χ3n) is 2.99. The van der Waals surface area contributed by atoms with Crippen molar-refractivity contribution in [2.45, 2.75) is 23.8 Å². The number of hydrogen-bond donors (Lipinski definition) is 1. The van der Waals surface area contributed by atoms with Gasteiger partial charge in [0.05, 0.1) is 23.8 Å². The summed E-state index contributed by atoms with van der Waals surface area (Å²) >= 11 is 5.61. The number of halogens is 2. The lowest BCUT2D eigenvalue weighted by Gasteiger charge is -2.22. The van der Waals surface area contributed by atoms with Crippen LogP contribution >= 0.6 is 11.6 Å². The van der Waals surface area contributed by atoms with E-state index < -0.39 is 37.3 Å². The van der Waals surface area contributed by atoms with Gasteiger partial charge < -0.3 is 9.47 Å². The molecule has 0 amide bonds. The standard InChI is InChI=1S/C12H13ClFNO5S/c13-9-6-10(14)8(5-11(9)21(15,17)18)12(16)20-7-1-3-19-4-2-7/h5-7H,1-4H2,(H2,15,17,18). The monoisotopic (exact) mass is 337 g/mol. The molecule has 1 aromatic rings. The molecule has 0 aromatic heterocycles. The van der Waals surface area contributed by atoms with E-state index in [0.29, 0.717) is 26.1 Å². The highest BCUT2D eigenvalue weighted by Crippen LogP contribution is 2.25. The highest BCUT2D eigenvalue weighted by atomic mass is 35.5. The number of carbonyl (C=O) groups excluding carboxylic acids is 1. The van der Waals surface area contributed by atoms with Crippen LogP contribution < -0.4 is 5.14 Å². The minimum atomic E-state index is -4.17. The largest absolute Gasteiger partial charge is 0.459 e. The predicted octanol–water partition coefficient (Wildman–Crippen LogP) is 1.46. The van der Waals surface area contributed by atoms with Crippen molar-refractivity contribution in [1.82, 2.24) is 0 Å². The molecule has 1 aliphatic rings. The van der Waals surface area contributed by atoms with Crippen LogP contribution in [0.15, 0.2) is 17.0 Å². The highest BCUT2D eigenvalue weighted by molar-refractivity contribution is 7.89. The Morgan fingerprint density at radius 3 is 2.57 bits per heavy atom. The van der Waals surface area contributed by atoms with Crippen LogP contribution in [-0.4, -0.2) is 33.7 Å². The quantitative estimate of drug-likeness (QED) is 0.842. The highest BCUT2D eigenvalue weighted by Gasteiger charge is 2.24. The summed E-state index contributed by atoms with van der Waals surface area (Å²) in [5, 5.41) is 4.57. The lowest BCUT2D eigenvalue weighted by atomic mass is 10.1. The Balaban J connectivity index is 2.28. The zero-order valence-corrected chi connectivity index (χ0v) is 12.4. The van der Waals surface area contributed by atoms with Gasteiger partial charge in [-0.05, 0) is 12.1 Å². The zero-order valence-electron chi connectivity index (χ0n) is 10.8. The van der Waals surface area contributed by atoms with Crippen molar-refractivity contribution in [2.24, 2.45) is 5.14 Å². The fourth-order valence-electron chi connectivity index (χ4n) is 1.91. The molecule has 1 saturated heterocycles. The van der Waals surface area contributed by atoms with E-state index in [-0.39, 0.29) is 6.10 Å². The number of rotatable bonds is 3. The van der Waals surface area contributed by atoms with Gasteiger partial charge in [-0.2, -0.15) is 0 Å². The zero-order chi connectivity index (χ0) is 15.6. The number of sulfonamides is 1. The molecular weight excluding hydrogens is 325 g/mol. The minimum absolute atomic E-state index is 0.390. The third kappa shape index (κ3) is 3.91. The van der Waals surface area contributed by atoms with E-state index >= 15 is 0 Å². The van der Waals surface area contributed by atoms with Crippen LogP contribution in [0, 0.1) is 5.82 Å². The van der Waals surface area contributed by atoms with Gasteiger partial charge in [-0.15, -0.1) is 0 Å². The summed E-state index contributed by atoms with van der Waals surface area (Å²) in [6.07, 6.45) is 0.616. The van der Waals surface area contributed by atoms with E-state index in [9.17, 15) is 17.6 Å². The third-order valence-corrected chi connectivity index (χ3v) is 4.37. The molecule has 6 nitrogen and oxygen atoms in total. The molecule has 1 fully saturated rings. The molecule has 0 spiro atoms. The molecule has 1 aliphatic heterocycles. The molecule has 0 aliphatic carbocycles. The van der Waals surface area contributed by atoms with Gasteiger partial charge in [0.15, 0.2) is 0 Å². The number of carbonyl (C=O) groups is 1. The van der Waals surface area contributed by atoms with Crippen LogP contribution in [-0.2, 0) is 19.5 Å². The fourth-order valence-corrected chi connectivity index (χ4v) is 3.00. The second-order valence-corrected chi connectivity index (χ2v) is 6.46. The van der Waals surface area contributed by atoms with Gasteiger partial charge in [-0.3, -0.25) is 0 Å². The summed E-state index contributed by atoms with van der Waals surface area (Å²) in [4.78, 5) is 11.4. The second-order valence-electron chi connectivity index (χ2n) is 4.52. The Hall–Kier alpha value is -1.22. The van der Waals surface area contributed by atoms with Crippen LogP contribution in [0.25, 0.3) is 0 Å². The lowest BCUT2D eigenvalue weighted by molar-refractivity contribution is -0.0162. The molecule has 0 bridgehead atoms. The summed E-state index contributed by atoms with van der Waals surface area (Å²) in [6.45, 7) is 0.896. The molecular formula is C12H13ClFNO5S. The maximum atomic E-state index is 13.8. The topological polar surface area (TPSA) is 95.7 Å². The Morgan fingerprint density at radius 1 is 1.38 bits per heavy atom. The molecule has 1 heterocycles. The van der Waals surface area contributed by atoms with E-state index in [1.165, 1.54) is 0 Å². The normalized spacial score (nSPS) is 16.7. The summed E-state index contributed by atoms with van der Waals surface area (Å²) in [7, 11) is -4.17. The number of nitrogens with two attached hydrogens (primary N) is 1. The van der Waals surface area contributed by atoms with E-state index in [4.69, 9.17) is 26.2 Å². The Kier molecular flexibility index (Phi) is 4.82. The average Bonchev–Trinajstić information content (AvgIpc) is 2.38. The van der Waals surface area contributed by atoms with Crippen LogP contribution in [0.1, 0.15) is 23.2 Å². The number of esters is 1. The summed E-state index contributed by atoms with van der Waals surface area (Å²) in [6, 6.07) is 1.51. The maximum absolute atomic E-state index is 13.8. The summed E-state index contributed by atoms with van der Waals surface area (Å²) in [5.74, 6) is -1.93. The first-order chi connectivity index (χ1) is 9.79. The molecule has 1 aromatic carbocycles. The van der Waals surface area contributed by atoms with Gasteiger partial charge in [0.25, 0.3) is 0 Å². The van der Waals surface area contributed by atoms with E-state index in [2.05, 4.69) is 0 Å². The van der Waals surface area contributed by atoms with Crippen molar-refractivity contribution >= 4 is 27.6 Å². The van der Waals surface area contributed by atoms with Crippen LogP contribution in [0.5, 0.6) is 0 Å². The molecule has 0 atom stereocenters. The molecule has 21 heavy (non-hydrogen) atoms. The molecule has 116 valence electrons. The summed E-state index contributed by atoms with van der Waals surface area (Å²) in [5.41, 5.74) is -0.519.